The Bertz CT molecular complexity index is 904. The first-order valence-electron chi connectivity index (χ1n) is 8.64. The topological polar surface area (TPSA) is 90.5 Å². The minimum atomic E-state index is -0.335. The highest BCUT2D eigenvalue weighted by Gasteiger charge is 2.23. The number of carbonyl (C=O) groups is 1. The average molecular weight is 419 g/mol. The Labute approximate surface area is 173 Å². The Hall–Kier alpha value is -3.08. The fourth-order valence-electron chi connectivity index (χ4n) is 2.53. The van der Waals surface area contributed by atoms with Crippen LogP contribution in [0.5, 0.6) is 17.2 Å². The van der Waals surface area contributed by atoms with Crippen LogP contribution in [0.15, 0.2) is 36.4 Å². The molecule has 29 heavy (non-hydrogen) atoms. The number of thiocarbonyl (C=S) groups is 1. The first-order valence-corrected chi connectivity index (χ1v) is 9.05. The predicted octanol–water partition coefficient (Wildman–Crippen LogP) is 2.76. The number of benzene rings is 2. The van der Waals surface area contributed by atoms with Gasteiger partial charge in [-0.3, -0.25) is 4.79 Å². The van der Waals surface area contributed by atoms with Gasteiger partial charge in [0, 0.05) is 12.7 Å². The highest BCUT2D eigenvalue weighted by Crippen LogP contribution is 2.40. The number of anilines is 2. The summed E-state index contributed by atoms with van der Waals surface area (Å²) in [6, 6.07) is 10.6. The summed E-state index contributed by atoms with van der Waals surface area (Å²) >= 11 is 5.13. The summed E-state index contributed by atoms with van der Waals surface area (Å²) < 4.78 is 16.2. The highest BCUT2D eigenvalue weighted by atomic mass is 32.1. The number of ether oxygens (including phenoxy) is 3. The normalized spacial score (nSPS) is 12.6. The van der Waals surface area contributed by atoms with E-state index in [-0.39, 0.29) is 19.2 Å². The molecule has 0 unspecified atom stereocenters. The minimum Gasteiger partial charge on any atom is -0.493 e. The molecule has 0 aromatic heterocycles. The number of rotatable bonds is 7. The third-order valence-electron chi connectivity index (χ3n) is 4.00. The summed E-state index contributed by atoms with van der Waals surface area (Å²) in [6.07, 6.45) is 0.138. The number of nitrogens with zero attached hydrogens (tertiary/aromatic N) is 1. The lowest BCUT2D eigenvalue weighted by atomic mass is 10.1. The molecule has 3 rings (SSSR count). The molecule has 0 spiro atoms. The summed E-state index contributed by atoms with van der Waals surface area (Å²) in [5, 5.41) is 7.61. The second-order valence-corrected chi connectivity index (χ2v) is 6.27. The summed E-state index contributed by atoms with van der Waals surface area (Å²) in [5.41, 5.74) is 2.02. The molecule has 0 radical (unpaired) electrons. The van der Waals surface area contributed by atoms with Crippen molar-refractivity contribution in [2.45, 2.75) is 6.42 Å². The predicted molar refractivity (Wildman–Crippen MR) is 110 cm³/mol. The van der Waals surface area contributed by atoms with Gasteiger partial charge in [0.2, 0.25) is 6.79 Å². The van der Waals surface area contributed by atoms with Crippen molar-refractivity contribution in [3.05, 3.63) is 42.0 Å². The molecular weight excluding hydrogens is 398 g/mol. The van der Waals surface area contributed by atoms with E-state index in [0.29, 0.717) is 28.0 Å². The Morgan fingerprint density at radius 3 is 2.52 bits per heavy atom. The third kappa shape index (κ3) is 5.05. The second-order valence-electron chi connectivity index (χ2n) is 5.86. The Morgan fingerprint density at radius 1 is 1.14 bits per heavy atom. The fourth-order valence-corrected chi connectivity index (χ4v) is 2.64. The molecule has 10 heteroatoms. The van der Waals surface area contributed by atoms with Crippen molar-refractivity contribution in [1.29, 1.82) is 0 Å². The average Bonchev–Trinajstić information content (AvgIpc) is 2.69. The van der Waals surface area contributed by atoms with E-state index in [1.54, 1.807) is 43.4 Å². The van der Waals surface area contributed by atoms with Crippen LogP contribution in [-0.2, 0) is 25.6 Å². The fraction of sp³-hybridized carbons (Fsp3) is 0.263. The van der Waals surface area contributed by atoms with E-state index < -0.39 is 0 Å². The molecule has 9 nitrogen and oxygen atoms in total. The van der Waals surface area contributed by atoms with Gasteiger partial charge >= 0.3 is 5.97 Å². The summed E-state index contributed by atoms with van der Waals surface area (Å²) in [6.45, 7) is 0.150. The maximum absolute atomic E-state index is 11.5. The van der Waals surface area contributed by atoms with E-state index in [2.05, 4.69) is 10.6 Å². The van der Waals surface area contributed by atoms with Gasteiger partial charge in [-0.1, -0.05) is 6.07 Å². The minimum absolute atomic E-state index is 0.138. The van der Waals surface area contributed by atoms with Crippen molar-refractivity contribution in [2.75, 3.05) is 38.6 Å². The van der Waals surface area contributed by atoms with Crippen LogP contribution in [0, 0.1) is 0 Å². The zero-order chi connectivity index (χ0) is 20.8. The Morgan fingerprint density at radius 2 is 1.90 bits per heavy atom. The maximum atomic E-state index is 11.5. The van der Waals surface area contributed by atoms with E-state index in [1.165, 1.54) is 19.4 Å². The Kier molecular flexibility index (Phi) is 6.70. The first kappa shape index (κ1) is 20.6. The summed E-state index contributed by atoms with van der Waals surface area (Å²) in [4.78, 5) is 22.1. The van der Waals surface area contributed by atoms with Crippen LogP contribution in [0.2, 0.25) is 0 Å². The number of hydrogen-bond donors (Lipinski definition) is 2. The molecule has 154 valence electrons. The molecule has 1 aliphatic rings. The molecule has 1 saturated heterocycles. The van der Waals surface area contributed by atoms with Crippen molar-refractivity contribution in [2.24, 2.45) is 0 Å². The maximum Gasteiger partial charge on any atom is 0.309 e. The van der Waals surface area contributed by atoms with Crippen LogP contribution in [0.25, 0.3) is 0 Å². The number of methoxy groups -OCH3 is 2. The molecule has 1 aliphatic heterocycles. The van der Waals surface area contributed by atoms with Gasteiger partial charge in [-0.05, 0) is 48.1 Å². The lowest BCUT2D eigenvalue weighted by Crippen LogP contribution is -2.37. The van der Waals surface area contributed by atoms with Gasteiger partial charge in [-0.2, -0.15) is 0 Å². The van der Waals surface area contributed by atoms with Crippen molar-refractivity contribution in [3.63, 3.8) is 0 Å². The number of hydrogen-bond acceptors (Lipinski definition) is 8. The highest BCUT2D eigenvalue weighted by molar-refractivity contribution is 7.80. The lowest BCUT2D eigenvalue weighted by Gasteiger charge is -2.31. The van der Waals surface area contributed by atoms with Crippen LogP contribution in [0.3, 0.4) is 0 Å². The molecule has 0 saturated carbocycles. The zero-order valence-corrected chi connectivity index (χ0v) is 17.0. The van der Waals surface area contributed by atoms with Crippen LogP contribution in [-0.4, -0.2) is 39.1 Å². The largest absolute Gasteiger partial charge is 0.493 e. The molecule has 1 heterocycles. The number of nitrogens with one attached hydrogen (secondary N) is 2. The van der Waals surface area contributed by atoms with Gasteiger partial charge in [0.1, 0.15) is 5.69 Å². The van der Waals surface area contributed by atoms with E-state index >= 15 is 0 Å². The molecule has 0 bridgehead atoms. The summed E-state index contributed by atoms with van der Waals surface area (Å²) in [7, 11) is 4.60. The van der Waals surface area contributed by atoms with Crippen LogP contribution < -0.4 is 25.3 Å². The second kappa shape index (κ2) is 9.41. The Balaban J connectivity index is 1.86. The van der Waals surface area contributed by atoms with Crippen molar-refractivity contribution in [3.8, 4) is 17.2 Å². The SMILES string of the molecule is CNC(=S)Nc1ccc(Oc2ccc(CC(=O)OC)cc2OC)c(N2OCO2)c1. The van der Waals surface area contributed by atoms with Gasteiger partial charge in [0.05, 0.1) is 20.6 Å². The molecule has 0 atom stereocenters. The van der Waals surface area contributed by atoms with E-state index in [0.717, 1.165) is 11.3 Å². The van der Waals surface area contributed by atoms with E-state index in [4.69, 9.17) is 36.1 Å². The molecule has 0 aliphatic carbocycles. The molecule has 2 aromatic rings. The molecule has 2 aromatic carbocycles. The lowest BCUT2D eigenvalue weighted by molar-refractivity contribution is -0.277. The van der Waals surface area contributed by atoms with Crippen LogP contribution in [0.4, 0.5) is 11.4 Å². The number of esters is 1. The first-order chi connectivity index (χ1) is 14.0. The quantitative estimate of drug-likeness (QED) is 0.516. The summed E-state index contributed by atoms with van der Waals surface area (Å²) in [5.74, 6) is 1.08. The van der Waals surface area contributed by atoms with Crippen LogP contribution >= 0.6 is 12.2 Å². The van der Waals surface area contributed by atoms with Gasteiger partial charge in [-0.15, -0.1) is 5.23 Å². The van der Waals surface area contributed by atoms with Gasteiger partial charge in [0.15, 0.2) is 22.4 Å². The smallest absolute Gasteiger partial charge is 0.309 e. The molecule has 1 fully saturated rings. The standard InChI is InChI=1S/C19H21N3O6S/c1-20-19(29)21-13-5-7-15(14(10-13)22-26-11-27-22)28-16-6-4-12(8-17(16)24-2)9-18(23)25-3/h4-8,10H,9,11H2,1-3H3,(H2,20,21,29). The van der Waals surface area contributed by atoms with Crippen LogP contribution in [0.1, 0.15) is 5.56 Å². The van der Waals surface area contributed by atoms with Crippen molar-refractivity contribution < 1.29 is 28.7 Å². The van der Waals surface area contributed by atoms with Crippen molar-refractivity contribution in [1.82, 2.24) is 5.32 Å². The molecular formula is C19H21N3O6S. The number of carbonyl (C=O) groups excluding carboxylic acids is 1. The van der Waals surface area contributed by atoms with Crippen molar-refractivity contribution >= 4 is 34.7 Å². The molecule has 0 amide bonds. The molecule has 2 N–H and O–H groups in total. The monoisotopic (exact) mass is 419 g/mol. The van der Waals surface area contributed by atoms with Gasteiger partial charge in [0.25, 0.3) is 0 Å². The van der Waals surface area contributed by atoms with E-state index in [1.807, 2.05) is 0 Å². The zero-order valence-electron chi connectivity index (χ0n) is 16.2. The van der Waals surface area contributed by atoms with E-state index in [9.17, 15) is 4.79 Å². The van der Waals surface area contributed by atoms with Gasteiger partial charge < -0.3 is 24.8 Å². The third-order valence-corrected chi connectivity index (χ3v) is 4.31. The van der Waals surface area contributed by atoms with Gasteiger partial charge in [-0.25, -0.2) is 9.68 Å².